The van der Waals surface area contributed by atoms with E-state index in [4.69, 9.17) is 0 Å². The summed E-state index contributed by atoms with van der Waals surface area (Å²) in [7, 11) is 0. The Balaban J connectivity index is 0.00000162. The lowest BCUT2D eigenvalue weighted by atomic mass is 10.0. The van der Waals surface area contributed by atoms with Gasteiger partial charge in [0.2, 0.25) is 5.91 Å². The molecule has 114 valence electrons. The summed E-state index contributed by atoms with van der Waals surface area (Å²) in [4.78, 5) is 14.3. The van der Waals surface area contributed by atoms with Crippen LogP contribution in [0, 0.1) is 11.8 Å². The van der Waals surface area contributed by atoms with Crippen molar-refractivity contribution in [3.63, 3.8) is 0 Å². The number of amides is 1. The molecule has 19 heavy (non-hydrogen) atoms. The first-order valence-corrected chi connectivity index (χ1v) is 6.96. The van der Waals surface area contributed by atoms with Gasteiger partial charge in [0.05, 0.1) is 5.92 Å². The molecule has 4 nitrogen and oxygen atoms in total. The number of hydrogen-bond donors (Lipinski definition) is 2. The summed E-state index contributed by atoms with van der Waals surface area (Å²) in [6, 6.07) is 0. The largest absolute Gasteiger partial charge is 0.355 e. The number of nitrogens with zero attached hydrogens (tertiary/aromatic N) is 1. The van der Waals surface area contributed by atoms with Gasteiger partial charge in [-0.25, -0.2) is 0 Å². The number of likely N-dealkylation sites (tertiary alicyclic amines) is 1. The average molecular weight is 312 g/mol. The molecule has 2 saturated heterocycles. The molecular weight excluding hydrogens is 285 g/mol. The van der Waals surface area contributed by atoms with Crippen LogP contribution in [-0.4, -0.2) is 50.1 Å². The number of piperidine rings is 1. The van der Waals surface area contributed by atoms with Crippen LogP contribution < -0.4 is 10.6 Å². The Kier molecular flexibility index (Phi) is 9.79. The molecule has 2 aliphatic rings. The van der Waals surface area contributed by atoms with E-state index in [1.54, 1.807) is 0 Å². The lowest BCUT2D eigenvalue weighted by Crippen LogP contribution is -2.41. The maximum absolute atomic E-state index is 11.8. The van der Waals surface area contributed by atoms with Crippen LogP contribution in [0.3, 0.4) is 0 Å². The third-order valence-electron chi connectivity index (χ3n) is 3.90. The lowest BCUT2D eigenvalue weighted by molar-refractivity contribution is -0.124. The number of nitrogens with one attached hydrogen (secondary N) is 2. The van der Waals surface area contributed by atoms with Crippen molar-refractivity contribution in [1.29, 1.82) is 0 Å². The molecule has 2 heterocycles. The van der Waals surface area contributed by atoms with Crippen molar-refractivity contribution in [2.45, 2.75) is 26.2 Å². The minimum Gasteiger partial charge on any atom is -0.355 e. The molecule has 6 heteroatoms. The summed E-state index contributed by atoms with van der Waals surface area (Å²) < 4.78 is 0. The van der Waals surface area contributed by atoms with E-state index in [9.17, 15) is 4.79 Å². The highest BCUT2D eigenvalue weighted by Crippen LogP contribution is 2.14. The van der Waals surface area contributed by atoms with E-state index in [-0.39, 0.29) is 36.6 Å². The first-order valence-electron chi connectivity index (χ1n) is 6.96. The van der Waals surface area contributed by atoms with Gasteiger partial charge in [-0.3, -0.25) is 4.79 Å². The van der Waals surface area contributed by atoms with Gasteiger partial charge in [-0.2, -0.15) is 0 Å². The third-order valence-corrected chi connectivity index (χ3v) is 3.90. The summed E-state index contributed by atoms with van der Waals surface area (Å²) in [6.45, 7) is 8.37. The van der Waals surface area contributed by atoms with Crippen LogP contribution in [0.5, 0.6) is 0 Å². The monoisotopic (exact) mass is 311 g/mol. The van der Waals surface area contributed by atoms with Gasteiger partial charge in [-0.15, -0.1) is 24.8 Å². The Bertz CT molecular complexity index is 260. The normalized spacial score (nSPS) is 27.2. The fourth-order valence-corrected chi connectivity index (χ4v) is 2.85. The van der Waals surface area contributed by atoms with E-state index in [2.05, 4.69) is 22.5 Å². The van der Waals surface area contributed by atoms with Crippen molar-refractivity contribution in [2.75, 3.05) is 39.3 Å². The van der Waals surface area contributed by atoms with Gasteiger partial charge in [0.15, 0.2) is 0 Å². The second-order valence-corrected chi connectivity index (χ2v) is 5.53. The predicted molar refractivity (Wildman–Crippen MR) is 83.3 cm³/mol. The van der Waals surface area contributed by atoms with Crippen molar-refractivity contribution in [1.82, 2.24) is 15.5 Å². The minimum atomic E-state index is 0. The molecule has 0 saturated carbocycles. The Morgan fingerprint density at radius 1 is 1.37 bits per heavy atom. The lowest BCUT2D eigenvalue weighted by Gasteiger charge is -2.30. The number of carbonyl (C=O) groups is 1. The van der Waals surface area contributed by atoms with Crippen LogP contribution in [0.15, 0.2) is 0 Å². The molecule has 0 aromatic rings. The fourth-order valence-electron chi connectivity index (χ4n) is 2.85. The van der Waals surface area contributed by atoms with Crippen LogP contribution >= 0.6 is 24.8 Å². The molecule has 2 N–H and O–H groups in total. The van der Waals surface area contributed by atoms with Gasteiger partial charge in [0, 0.05) is 26.2 Å². The van der Waals surface area contributed by atoms with Crippen molar-refractivity contribution in [3.05, 3.63) is 0 Å². The summed E-state index contributed by atoms with van der Waals surface area (Å²) in [5.41, 5.74) is 0. The van der Waals surface area contributed by atoms with E-state index in [0.717, 1.165) is 38.5 Å². The second kappa shape index (κ2) is 9.81. The van der Waals surface area contributed by atoms with E-state index in [0.29, 0.717) is 0 Å². The van der Waals surface area contributed by atoms with Crippen LogP contribution in [-0.2, 0) is 4.79 Å². The molecule has 0 bridgehead atoms. The second-order valence-electron chi connectivity index (χ2n) is 5.53. The molecular formula is C13H27Cl2N3O. The smallest absolute Gasteiger partial charge is 0.224 e. The van der Waals surface area contributed by atoms with Crippen molar-refractivity contribution < 1.29 is 4.79 Å². The third kappa shape index (κ3) is 6.30. The van der Waals surface area contributed by atoms with Gasteiger partial charge in [0.25, 0.3) is 0 Å². The van der Waals surface area contributed by atoms with Crippen molar-refractivity contribution in [3.8, 4) is 0 Å². The Morgan fingerprint density at radius 2 is 2.16 bits per heavy atom. The van der Waals surface area contributed by atoms with Crippen molar-refractivity contribution >= 4 is 30.7 Å². The topological polar surface area (TPSA) is 44.4 Å². The highest BCUT2D eigenvalue weighted by molar-refractivity contribution is 5.85. The van der Waals surface area contributed by atoms with Gasteiger partial charge in [0.1, 0.15) is 0 Å². The maximum Gasteiger partial charge on any atom is 0.224 e. The SMILES string of the molecule is CC1CCCN(CCNC(=O)C2CCNC2)C1.Cl.Cl. The highest BCUT2D eigenvalue weighted by atomic mass is 35.5. The Morgan fingerprint density at radius 3 is 2.79 bits per heavy atom. The molecule has 2 rings (SSSR count). The number of carbonyl (C=O) groups excluding carboxylic acids is 1. The zero-order valence-corrected chi connectivity index (χ0v) is 13.3. The summed E-state index contributed by atoms with van der Waals surface area (Å²) >= 11 is 0. The quantitative estimate of drug-likeness (QED) is 0.822. The summed E-state index contributed by atoms with van der Waals surface area (Å²) in [5.74, 6) is 1.26. The first kappa shape index (κ1) is 19.0. The molecule has 2 aliphatic heterocycles. The predicted octanol–water partition coefficient (Wildman–Crippen LogP) is 1.29. The Labute approximate surface area is 128 Å². The van der Waals surface area contributed by atoms with Crippen LogP contribution in [0.2, 0.25) is 0 Å². The van der Waals surface area contributed by atoms with Crippen molar-refractivity contribution in [2.24, 2.45) is 11.8 Å². The molecule has 1 amide bonds. The summed E-state index contributed by atoms with van der Waals surface area (Å²) in [5, 5.41) is 6.29. The van der Waals surface area contributed by atoms with Gasteiger partial charge in [-0.1, -0.05) is 6.92 Å². The molecule has 2 unspecified atom stereocenters. The zero-order chi connectivity index (χ0) is 12.1. The van der Waals surface area contributed by atoms with Gasteiger partial charge >= 0.3 is 0 Å². The van der Waals surface area contributed by atoms with Gasteiger partial charge < -0.3 is 15.5 Å². The van der Waals surface area contributed by atoms with Gasteiger partial charge in [-0.05, 0) is 38.3 Å². The molecule has 0 spiro atoms. The fraction of sp³-hybridized carbons (Fsp3) is 0.923. The standard InChI is InChI=1S/C13H25N3O.2ClH/c1-11-3-2-7-16(10-11)8-6-15-13(17)12-4-5-14-9-12;;/h11-12,14H,2-10H2,1H3,(H,15,17);2*1H. The first-order chi connectivity index (χ1) is 8.25. The number of hydrogen-bond acceptors (Lipinski definition) is 3. The van der Waals surface area contributed by atoms with Crippen LogP contribution in [0.1, 0.15) is 26.2 Å². The van der Waals surface area contributed by atoms with E-state index < -0.39 is 0 Å². The van der Waals surface area contributed by atoms with Crippen LogP contribution in [0.25, 0.3) is 0 Å². The molecule has 0 aromatic heterocycles. The number of rotatable bonds is 4. The average Bonchev–Trinajstić information content (AvgIpc) is 2.82. The van der Waals surface area contributed by atoms with E-state index >= 15 is 0 Å². The summed E-state index contributed by atoms with van der Waals surface area (Å²) in [6.07, 6.45) is 3.66. The molecule has 0 radical (unpaired) electrons. The minimum absolute atomic E-state index is 0. The Hall–Kier alpha value is -0.0300. The molecule has 0 aliphatic carbocycles. The maximum atomic E-state index is 11.8. The molecule has 2 atom stereocenters. The van der Waals surface area contributed by atoms with E-state index in [1.807, 2.05) is 0 Å². The molecule has 0 aromatic carbocycles. The zero-order valence-electron chi connectivity index (χ0n) is 11.7. The highest BCUT2D eigenvalue weighted by Gasteiger charge is 2.22. The molecule has 2 fully saturated rings. The van der Waals surface area contributed by atoms with E-state index in [1.165, 1.54) is 25.9 Å². The number of halogens is 2. The van der Waals surface area contributed by atoms with Crippen LogP contribution in [0.4, 0.5) is 0 Å².